The number of methoxy groups -OCH3 is 1. The molecule has 3 rings (SSSR count). The van der Waals surface area contributed by atoms with E-state index in [4.69, 9.17) is 9.47 Å². The normalized spacial score (nSPS) is 26.4. The van der Waals surface area contributed by atoms with Crippen LogP contribution in [0.25, 0.3) is 0 Å². The van der Waals surface area contributed by atoms with Gasteiger partial charge in [0.15, 0.2) is 6.61 Å². The van der Waals surface area contributed by atoms with Crippen molar-refractivity contribution in [2.45, 2.75) is 52.5 Å². The number of benzene rings is 1. The Morgan fingerprint density at radius 3 is 2.73 bits per heavy atom. The van der Waals surface area contributed by atoms with Crippen LogP contribution in [0.2, 0.25) is 0 Å². The van der Waals surface area contributed by atoms with E-state index in [0.29, 0.717) is 29.8 Å². The lowest BCUT2D eigenvalue weighted by molar-refractivity contribution is -0.151. The molecule has 2 fully saturated rings. The second-order valence-electron chi connectivity index (χ2n) is 8.64. The van der Waals surface area contributed by atoms with Crippen molar-refractivity contribution < 1.29 is 23.9 Å². The van der Waals surface area contributed by atoms with Crippen molar-refractivity contribution in [2.75, 3.05) is 25.6 Å². The first-order valence-corrected chi connectivity index (χ1v) is 10.7. The first-order chi connectivity index (χ1) is 14.3. The maximum absolute atomic E-state index is 12.5. The van der Waals surface area contributed by atoms with Gasteiger partial charge in [-0.05, 0) is 42.9 Å². The third-order valence-corrected chi connectivity index (χ3v) is 6.53. The van der Waals surface area contributed by atoms with E-state index in [1.807, 2.05) is 17.9 Å². The summed E-state index contributed by atoms with van der Waals surface area (Å²) >= 11 is 0. The van der Waals surface area contributed by atoms with Gasteiger partial charge in [-0.1, -0.05) is 32.8 Å². The second kappa shape index (κ2) is 9.49. The Labute approximate surface area is 178 Å². The average Bonchev–Trinajstić information content (AvgIpc) is 3.10. The van der Waals surface area contributed by atoms with Crippen molar-refractivity contribution in [3.05, 3.63) is 23.8 Å². The number of likely N-dealkylation sites (tertiary alicyclic amines) is 1. The van der Waals surface area contributed by atoms with E-state index in [0.717, 1.165) is 18.4 Å². The quantitative estimate of drug-likeness (QED) is 0.720. The lowest BCUT2D eigenvalue weighted by Crippen LogP contribution is -2.45. The molecule has 0 spiro atoms. The molecule has 7 nitrogen and oxygen atoms in total. The molecule has 1 aliphatic heterocycles. The highest BCUT2D eigenvalue weighted by molar-refractivity contribution is 5.95. The lowest BCUT2D eigenvalue weighted by Gasteiger charge is -2.39. The van der Waals surface area contributed by atoms with Gasteiger partial charge in [-0.15, -0.1) is 0 Å². The van der Waals surface area contributed by atoms with E-state index in [2.05, 4.69) is 19.2 Å². The van der Waals surface area contributed by atoms with E-state index in [1.54, 1.807) is 12.1 Å². The number of carbonyl (C=O) groups is 3. The van der Waals surface area contributed by atoms with E-state index >= 15 is 0 Å². The minimum absolute atomic E-state index is 0.0110. The maximum Gasteiger partial charge on any atom is 0.311 e. The van der Waals surface area contributed by atoms with E-state index in [9.17, 15) is 14.4 Å². The summed E-state index contributed by atoms with van der Waals surface area (Å²) in [6, 6.07) is 5.63. The Balaban J connectivity index is 1.52. The van der Waals surface area contributed by atoms with Gasteiger partial charge in [0.05, 0.1) is 18.7 Å². The standard InChI is InChI=1S/C23H32N2O5/c1-14-8-9-20(29-4)18(10-14)24-21(26)13-30-23(28)17-11-22(27)25(12-17)19-7-5-6-15(2)16(19)3/h8-10,15-17,19H,5-7,11-13H2,1-4H3,(H,24,26)/t15-,16-,17+,19-/m0/s1. The number of nitrogens with one attached hydrogen (secondary N) is 1. The Bertz CT molecular complexity index is 809. The third-order valence-electron chi connectivity index (χ3n) is 6.53. The van der Waals surface area contributed by atoms with Crippen molar-refractivity contribution in [3.63, 3.8) is 0 Å². The number of carbonyl (C=O) groups excluding carboxylic acids is 3. The van der Waals surface area contributed by atoms with Gasteiger partial charge < -0.3 is 19.7 Å². The molecule has 0 unspecified atom stereocenters. The molecule has 2 amide bonds. The van der Waals surface area contributed by atoms with Gasteiger partial charge in [-0.2, -0.15) is 0 Å². The van der Waals surface area contributed by atoms with Crippen LogP contribution < -0.4 is 10.1 Å². The Morgan fingerprint density at radius 2 is 2.00 bits per heavy atom. The molecule has 4 atom stereocenters. The molecule has 1 saturated heterocycles. The summed E-state index contributed by atoms with van der Waals surface area (Å²) in [5, 5.41) is 2.71. The van der Waals surface area contributed by atoms with Gasteiger partial charge in [0.25, 0.3) is 5.91 Å². The number of hydrogen-bond donors (Lipinski definition) is 1. The molecule has 0 radical (unpaired) electrons. The molecule has 164 valence electrons. The average molecular weight is 417 g/mol. The van der Waals surface area contributed by atoms with Gasteiger partial charge in [0, 0.05) is 19.0 Å². The fraction of sp³-hybridized carbons (Fsp3) is 0.609. The summed E-state index contributed by atoms with van der Waals surface area (Å²) in [6.07, 6.45) is 3.44. The van der Waals surface area contributed by atoms with Gasteiger partial charge >= 0.3 is 5.97 Å². The van der Waals surface area contributed by atoms with Crippen molar-refractivity contribution in [2.24, 2.45) is 17.8 Å². The molecule has 2 aliphatic rings. The Morgan fingerprint density at radius 1 is 1.23 bits per heavy atom. The second-order valence-corrected chi connectivity index (χ2v) is 8.64. The number of ether oxygens (including phenoxy) is 2. The number of aryl methyl sites for hydroxylation is 1. The summed E-state index contributed by atoms with van der Waals surface area (Å²) in [4.78, 5) is 39.2. The van der Waals surface area contributed by atoms with Crippen molar-refractivity contribution in [1.29, 1.82) is 0 Å². The zero-order valence-electron chi connectivity index (χ0n) is 18.3. The number of amides is 2. The minimum atomic E-state index is -0.511. The molecule has 0 aromatic heterocycles. The first kappa shape index (κ1) is 22.1. The highest BCUT2D eigenvalue weighted by atomic mass is 16.5. The molecule has 1 aromatic carbocycles. The molecule has 1 aliphatic carbocycles. The van der Waals surface area contributed by atoms with Crippen molar-refractivity contribution in [1.82, 2.24) is 4.90 Å². The number of anilines is 1. The van der Waals surface area contributed by atoms with Gasteiger partial charge in [0.1, 0.15) is 5.75 Å². The molecule has 1 saturated carbocycles. The Hall–Kier alpha value is -2.57. The summed E-state index contributed by atoms with van der Waals surface area (Å²) < 4.78 is 10.5. The van der Waals surface area contributed by atoms with Crippen LogP contribution in [0.1, 0.15) is 45.1 Å². The summed E-state index contributed by atoms with van der Waals surface area (Å²) in [7, 11) is 1.52. The van der Waals surface area contributed by atoms with Gasteiger partial charge in [-0.3, -0.25) is 14.4 Å². The van der Waals surface area contributed by atoms with Gasteiger partial charge in [0.2, 0.25) is 5.91 Å². The molecule has 1 aromatic rings. The highest BCUT2D eigenvalue weighted by Crippen LogP contribution is 2.36. The molecule has 0 bridgehead atoms. The van der Waals surface area contributed by atoms with Crippen LogP contribution in [0.5, 0.6) is 5.75 Å². The Kier molecular flexibility index (Phi) is 7.00. The molecule has 30 heavy (non-hydrogen) atoms. The summed E-state index contributed by atoms with van der Waals surface area (Å²) in [5.41, 5.74) is 1.50. The zero-order chi connectivity index (χ0) is 21.8. The molecule has 1 N–H and O–H groups in total. The molecule has 1 heterocycles. The van der Waals surface area contributed by atoms with Crippen LogP contribution in [0.15, 0.2) is 18.2 Å². The van der Waals surface area contributed by atoms with Crippen LogP contribution in [0.3, 0.4) is 0 Å². The van der Waals surface area contributed by atoms with Crippen LogP contribution in [0, 0.1) is 24.7 Å². The van der Waals surface area contributed by atoms with E-state index in [1.165, 1.54) is 13.5 Å². The molecule has 7 heteroatoms. The highest BCUT2D eigenvalue weighted by Gasteiger charge is 2.42. The first-order valence-electron chi connectivity index (χ1n) is 10.7. The van der Waals surface area contributed by atoms with E-state index in [-0.39, 0.29) is 18.4 Å². The number of rotatable bonds is 6. The third kappa shape index (κ3) is 4.94. The predicted molar refractivity (Wildman–Crippen MR) is 113 cm³/mol. The predicted octanol–water partition coefficient (Wildman–Crippen LogP) is 3.16. The van der Waals surface area contributed by atoms with E-state index < -0.39 is 24.4 Å². The largest absolute Gasteiger partial charge is 0.495 e. The number of esters is 1. The SMILES string of the molecule is COc1ccc(C)cc1NC(=O)COC(=O)[C@@H]1CC(=O)N([C@H]2CCC[C@H](C)[C@@H]2C)C1. The monoisotopic (exact) mass is 416 g/mol. The molecular weight excluding hydrogens is 384 g/mol. The van der Waals surface area contributed by atoms with Crippen LogP contribution in [0.4, 0.5) is 5.69 Å². The van der Waals surface area contributed by atoms with Crippen molar-refractivity contribution >= 4 is 23.5 Å². The smallest absolute Gasteiger partial charge is 0.311 e. The summed E-state index contributed by atoms with van der Waals surface area (Å²) in [6.45, 7) is 6.32. The maximum atomic E-state index is 12.5. The van der Waals surface area contributed by atoms with Crippen molar-refractivity contribution in [3.8, 4) is 5.75 Å². The fourth-order valence-corrected chi connectivity index (χ4v) is 4.56. The van der Waals surface area contributed by atoms with Gasteiger partial charge in [-0.25, -0.2) is 0 Å². The fourth-order valence-electron chi connectivity index (χ4n) is 4.56. The minimum Gasteiger partial charge on any atom is -0.495 e. The van der Waals surface area contributed by atoms with Crippen LogP contribution in [-0.4, -0.2) is 49.0 Å². The molecular formula is C23H32N2O5. The number of nitrogens with zero attached hydrogens (tertiary/aromatic N) is 1. The van der Waals surface area contributed by atoms with Crippen LogP contribution in [-0.2, 0) is 19.1 Å². The zero-order valence-corrected chi connectivity index (χ0v) is 18.3. The van der Waals surface area contributed by atoms with Crippen LogP contribution >= 0.6 is 0 Å². The summed E-state index contributed by atoms with van der Waals surface area (Å²) in [5.74, 6) is 0.0996. The topological polar surface area (TPSA) is 84.9 Å². The lowest BCUT2D eigenvalue weighted by atomic mass is 9.77. The number of hydrogen-bond acceptors (Lipinski definition) is 5.